The molecule has 0 spiro atoms. The molecule has 64 valence electrons. The summed E-state index contributed by atoms with van der Waals surface area (Å²) in [6.07, 6.45) is -0.0980. The first-order valence-corrected chi connectivity index (χ1v) is 3.69. The topological polar surface area (TPSA) is 49.8 Å². The van der Waals surface area contributed by atoms with Gasteiger partial charge in [0.05, 0.1) is 19.3 Å². The van der Waals surface area contributed by atoms with E-state index in [1.54, 1.807) is 0 Å². The standard InChI is InChI=1S/C7H13NO3/c1-5-6(9)3-4-8(5)7(10)11-2/h5-6,9H,3-4H2,1-2H3/t5-,6+/m1/s1. The molecule has 2 atom stereocenters. The van der Waals surface area contributed by atoms with Crippen molar-refractivity contribution in [2.75, 3.05) is 13.7 Å². The second-order valence-electron chi connectivity index (χ2n) is 2.76. The van der Waals surface area contributed by atoms with Gasteiger partial charge in [-0.25, -0.2) is 4.79 Å². The predicted octanol–water partition coefficient (Wildman–Crippen LogP) is 0.208. The number of carbonyl (C=O) groups is 1. The lowest BCUT2D eigenvalue weighted by atomic mass is 10.2. The Hall–Kier alpha value is -0.770. The quantitative estimate of drug-likeness (QED) is 0.549. The molecule has 0 unspecified atom stereocenters. The zero-order valence-corrected chi connectivity index (χ0v) is 6.78. The zero-order chi connectivity index (χ0) is 8.43. The van der Waals surface area contributed by atoms with Gasteiger partial charge < -0.3 is 14.7 Å². The minimum atomic E-state index is -0.394. The van der Waals surface area contributed by atoms with Crippen LogP contribution in [0, 0.1) is 0 Å². The van der Waals surface area contributed by atoms with Gasteiger partial charge >= 0.3 is 6.09 Å². The lowest BCUT2D eigenvalue weighted by Gasteiger charge is -2.20. The van der Waals surface area contributed by atoms with Gasteiger partial charge in [0.15, 0.2) is 0 Å². The Kier molecular flexibility index (Phi) is 2.34. The average Bonchev–Trinajstić information content (AvgIpc) is 2.32. The maximum atomic E-state index is 11.0. The lowest BCUT2D eigenvalue weighted by molar-refractivity contribution is 0.0953. The summed E-state index contributed by atoms with van der Waals surface area (Å²) in [6.45, 7) is 2.41. The number of rotatable bonds is 0. The van der Waals surface area contributed by atoms with E-state index >= 15 is 0 Å². The first-order valence-electron chi connectivity index (χ1n) is 3.69. The number of ether oxygens (including phenoxy) is 1. The number of carbonyl (C=O) groups excluding carboxylic acids is 1. The number of methoxy groups -OCH3 is 1. The summed E-state index contributed by atoms with van der Waals surface area (Å²) in [7, 11) is 1.35. The Bertz CT molecular complexity index is 160. The SMILES string of the molecule is COC(=O)N1CC[C@H](O)[C@H]1C. The monoisotopic (exact) mass is 159 g/mol. The minimum absolute atomic E-state index is 0.109. The fraction of sp³-hybridized carbons (Fsp3) is 0.857. The van der Waals surface area contributed by atoms with E-state index in [9.17, 15) is 9.90 Å². The fourth-order valence-corrected chi connectivity index (χ4v) is 1.30. The highest BCUT2D eigenvalue weighted by atomic mass is 16.5. The Morgan fingerprint density at radius 2 is 2.36 bits per heavy atom. The molecule has 11 heavy (non-hydrogen) atoms. The van der Waals surface area contributed by atoms with E-state index in [0.29, 0.717) is 13.0 Å². The molecule has 1 aliphatic heterocycles. The molecule has 0 aromatic rings. The van der Waals surface area contributed by atoms with Crippen molar-refractivity contribution in [3.63, 3.8) is 0 Å². The van der Waals surface area contributed by atoms with E-state index in [2.05, 4.69) is 4.74 Å². The molecule has 1 aliphatic rings. The normalized spacial score (nSPS) is 30.6. The van der Waals surface area contributed by atoms with Crippen LogP contribution in [0.4, 0.5) is 4.79 Å². The van der Waals surface area contributed by atoms with Crippen LogP contribution in [0.2, 0.25) is 0 Å². The van der Waals surface area contributed by atoms with Gasteiger partial charge in [0, 0.05) is 6.54 Å². The molecule has 0 aliphatic carbocycles. The zero-order valence-electron chi connectivity index (χ0n) is 6.78. The van der Waals surface area contributed by atoms with Crippen LogP contribution in [0.5, 0.6) is 0 Å². The second kappa shape index (κ2) is 3.09. The largest absolute Gasteiger partial charge is 0.453 e. The highest BCUT2D eigenvalue weighted by Crippen LogP contribution is 2.17. The Morgan fingerprint density at radius 1 is 1.73 bits per heavy atom. The molecule has 1 fully saturated rings. The van der Waals surface area contributed by atoms with Crippen molar-refractivity contribution >= 4 is 6.09 Å². The molecule has 0 aromatic heterocycles. The van der Waals surface area contributed by atoms with Gasteiger partial charge in [-0.2, -0.15) is 0 Å². The number of nitrogens with zero attached hydrogens (tertiary/aromatic N) is 1. The minimum Gasteiger partial charge on any atom is -0.453 e. The molecule has 1 heterocycles. The highest BCUT2D eigenvalue weighted by molar-refractivity contribution is 5.68. The molecule has 1 rings (SSSR count). The van der Waals surface area contributed by atoms with Crippen molar-refractivity contribution in [3.05, 3.63) is 0 Å². The van der Waals surface area contributed by atoms with Gasteiger partial charge in [-0.1, -0.05) is 0 Å². The van der Waals surface area contributed by atoms with Gasteiger partial charge in [-0.3, -0.25) is 0 Å². The van der Waals surface area contributed by atoms with E-state index in [1.165, 1.54) is 12.0 Å². The number of aliphatic hydroxyl groups is 1. The van der Waals surface area contributed by atoms with E-state index < -0.39 is 6.10 Å². The number of aliphatic hydroxyl groups excluding tert-OH is 1. The van der Waals surface area contributed by atoms with Crippen LogP contribution >= 0.6 is 0 Å². The van der Waals surface area contributed by atoms with Crippen LogP contribution in [0.1, 0.15) is 13.3 Å². The van der Waals surface area contributed by atoms with Crippen LogP contribution in [0.15, 0.2) is 0 Å². The number of likely N-dealkylation sites (tertiary alicyclic amines) is 1. The average molecular weight is 159 g/mol. The van der Waals surface area contributed by atoms with Gasteiger partial charge in [0.2, 0.25) is 0 Å². The molecule has 4 heteroatoms. The maximum absolute atomic E-state index is 11.0. The molecule has 0 aromatic carbocycles. The van der Waals surface area contributed by atoms with E-state index in [-0.39, 0.29) is 12.1 Å². The van der Waals surface area contributed by atoms with E-state index in [1.807, 2.05) is 6.92 Å². The van der Waals surface area contributed by atoms with Crippen molar-refractivity contribution in [3.8, 4) is 0 Å². The van der Waals surface area contributed by atoms with Crippen molar-refractivity contribution in [1.29, 1.82) is 0 Å². The smallest absolute Gasteiger partial charge is 0.409 e. The molecular formula is C7H13NO3. The molecular weight excluding hydrogens is 146 g/mol. The summed E-state index contributed by atoms with van der Waals surface area (Å²) >= 11 is 0. The Labute approximate surface area is 65.8 Å². The third kappa shape index (κ3) is 1.45. The Morgan fingerprint density at radius 3 is 2.73 bits per heavy atom. The molecule has 0 saturated carbocycles. The summed E-state index contributed by atoms with van der Waals surface area (Å²) in [6, 6.07) is -0.109. The van der Waals surface area contributed by atoms with E-state index in [4.69, 9.17) is 0 Å². The van der Waals surface area contributed by atoms with Crippen molar-refractivity contribution in [2.45, 2.75) is 25.5 Å². The Balaban J connectivity index is 2.54. The summed E-state index contributed by atoms with van der Waals surface area (Å²) in [5, 5.41) is 9.26. The molecule has 1 amide bonds. The molecule has 1 N–H and O–H groups in total. The van der Waals surface area contributed by atoms with Crippen LogP contribution < -0.4 is 0 Å². The first-order chi connectivity index (χ1) is 5.16. The van der Waals surface area contributed by atoms with E-state index in [0.717, 1.165) is 0 Å². The highest BCUT2D eigenvalue weighted by Gasteiger charge is 2.32. The van der Waals surface area contributed by atoms with Crippen LogP contribution in [0.25, 0.3) is 0 Å². The lowest BCUT2D eigenvalue weighted by Crippen LogP contribution is -2.37. The molecule has 0 bridgehead atoms. The maximum Gasteiger partial charge on any atom is 0.409 e. The summed E-state index contributed by atoms with van der Waals surface area (Å²) in [4.78, 5) is 12.5. The van der Waals surface area contributed by atoms with Crippen molar-refractivity contribution < 1.29 is 14.6 Å². The third-order valence-electron chi connectivity index (χ3n) is 2.12. The predicted molar refractivity (Wildman–Crippen MR) is 39.2 cm³/mol. The summed E-state index contributed by atoms with van der Waals surface area (Å²) in [5.74, 6) is 0. The van der Waals surface area contributed by atoms with Crippen LogP contribution in [-0.4, -0.2) is 41.9 Å². The number of hydrogen-bond acceptors (Lipinski definition) is 3. The molecule has 4 nitrogen and oxygen atoms in total. The van der Waals surface area contributed by atoms with Crippen LogP contribution in [0.3, 0.4) is 0 Å². The van der Waals surface area contributed by atoms with Gasteiger partial charge in [0.25, 0.3) is 0 Å². The van der Waals surface area contributed by atoms with Gasteiger partial charge in [-0.05, 0) is 13.3 Å². The fourth-order valence-electron chi connectivity index (χ4n) is 1.30. The molecule has 0 radical (unpaired) electrons. The number of hydrogen-bond donors (Lipinski definition) is 1. The third-order valence-corrected chi connectivity index (χ3v) is 2.12. The van der Waals surface area contributed by atoms with Crippen LogP contribution in [-0.2, 0) is 4.74 Å². The summed E-state index contributed by atoms with van der Waals surface area (Å²) < 4.78 is 4.53. The molecule has 1 saturated heterocycles. The first kappa shape index (κ1) is 8.33. The van der Waals surface area contributed by atoms with Crippen molar-refractivity contribution in [2.24, 2.45) is 0 Å². The van der Waals surface area contributed by atoms with Gasteiger partial charge in [0.1, 0.15) is 0 Å². The summed E-state index contributed by atoms with van der Waals surface area (Å²) in [5.41, 5.74) is 0. The number of amides is 1. The van der Waals surface area contributed by atoms with Crippen molar-refractivity contribution in [1.82, 2.24) is 4.90 Å². The second-order valence-corrected chi connectivity index (χ2v) is 2.76. The van der Waals surface area contributed by atoms with Gasteiger partial charge in [-0.15, -0.1) is 0 Å².